The van der Waals surface area contributed by atoms with Crippen LogP contribution in [0.15, 0.2) is 58.2 Å². The molecule has 136 valence electrons. The molecule has 0 fully saturated rings. The number of methoxy groups -OCH3 is 1. The van der Waals surface area contributed by atoms with Crippen LogP contribution >= 0.6 is 11.8 Å². The molecule has 27 heavy (non-hydrogen) atoms. The summed E-state index contributed by atoms with van der Waals surface area (Å²) in [5, 5.41) is 19.9. The number of thioether (sulfide) groups is 1. The number of hydrogen-bond acceptors (Lipinski definition) is 7. The van der Waals surface area contributed by atoms with Crippen LogP contribution in [0.4, 0.5) is 0 Å². The summed E-state index contributed by atoms with van der Waals surface area (Å²) >= 11 is 1.17. The first kappa shape index (κ1) is 18.5. The van der Waals surface area contributed by atoms with E-state index in [4.69, 9.17) is 14.4 Å². The molecular formula is C19H16N4O3S. The van der Waals surface area contributed by atoms with E-state index in [0.717, 1.165) is 16.9 Å². The molecule has 1 aromatic heterocycles. The zero-order chi connectivity index (χ0) is 19.1. The first-order valence-corrected chi connectivity index (χ1v) is 9.03. The van der Waals surface area contributed by atoms with Crippen LogP contribution in [-0.4, -0.2) is 29.0 Å². The van der Waals surface area contributed by atoms with Crippen molar-refractivity contribution in [3.8, 4) is 23.3 Å². The Morgan fingerprint density at radius 2 is 2.07 bits per heavy atom. The van der Waals surface area contributed by atoms with Gasteiger partial charge < -0.3 is 14.5 Å². The summed E-state index contributed by atoms with van der Waals surface area (Å²) in [5.74, 6) is 1.12. The minimum Gasteiger partial charge on any atom is -0.497 e. The molecule has 0 unspecified atom stereocenters. The van der Waals surface area contributed by atoms with E-state index in [2.05, 4.69) is 21.6 Å². The molecule has 8 heteroatoms. The van der Waals surface area contributed by atoms with Crippen LogP contribution in [0.2, 0.25) is 0 Å². The molecule has 0 saturated heterocycles. The van der Waals surface area contributed by atoms with E-state index in [1.165, 1.54) is 11.8 Å². The summed E-state index contributed by atoms with van der Waals surface area (Å²) in [7, 11) is 1.60. The zero-order valence-electron chi connectivity index (χ0n) is 14.5. The predicted octanol–water partition coefficient (Wildman–Crippen LogP) is 3.03. The molecule has 0 bridgehead atoms. The molecule has 0 radical (unpaired) electrons. The molecular weight excluding hydrogens is 364 g/mol. The van der Waals surface area contributed by atoms with Gasteiger partial charge in [-0.1, -0.05) is 23.9 Å². The van der Waals surface area contributed by atoms with Crippen molar-refractivity contribution in [2.24, 2.45) is 0 Å². The maximum Gasteiger partial charge on any atom is 0.277 e. The Bertz CT molecular complexity index is 964. The molecule has 3 aromatic rings. The summed E-state index contributed by atoms with van der Waals surface area (Å²) < 4.78 is 10.7. The van der Waals surface area contributed by atoms with E-state index in [1.54, 1.807) is 37.4 Å². The number of rotatable bonds is 7. The molecule has 0 aliphatic carbocycles. The van der Waals surface area contributed by atoms with Gasteiger partial charge in [-0.15, -0.1) is 10.2 Å². The van der Waals surface area contributed by atoms with Gasteiger partial charge in [-0.25, -0.2) is 0 Å². The van der Waals surface area contributed by atoms with Gasteiger partial charge in [0.2, 0.25) is 11.8 Å². The topological polar surface area (TPSA) is 101 Å². The smallest absolute Gasteiger partial charge is 0.277 e. The fraction of sp³-hybridized carbons (Fsp3) is 0.158. The number of nitriles is 1. The molecule has 0 aliphatic heterocycles. The van der Waals surface area contributed by atoms with Crippen LogP contribution in [0.3, 0.4) is 0 Å². The second kappa shape index (κ2) is 8.87. The Labute approximate surface area is 160 Å². The number of aromatic nitrogens is 2. The van der Waals surface area contributed by atoms with Crippen molar-refractivity contribution in [1.29, 1.82) is 5.26 Å². The van der Waals surface area contributed by atoms with Crippen molar-refractivity contribution in [3.63, 3.8) is 0 Å². The largest absolute Gasteiger partial charge is 0.497 e. The standard InChI is InChI=1S/C19H16N4O3S/c1-25-16-7-5-15(6-8-16)18-22-23-19(26-18)27-12-17(24)21-11-14-4-2-3-13(9-14)10-20/h2-9H,11-12H2,1H3,(H,21,24). The lowest BCUT2D eigenvalue weighted by molar-refractivity contribution is -0.118. The minimum atomic E-state index is -0.161. The third-order valence-corrected chi connectivity index (χ3v) is 4.43. The molecule has 7 nitrogen and oxygen atoms in total. The number of carbonyl (C=O) groups excluding carboxylic acids is 1. The maximum atomic E-state index is 12.0. The van der Waals surface area contributed by atoms with Crippen LogP contribution in [0, 0.1) is 11.3 Å². The number of ether oxygens (including phenoxy) is 1. The Morgan fingerprint density at radius 3 is 2.81 bits per heavy atom. The molecule has 2 aromatic carbocycles. The molecule has 0 atom stereocenters. The molecule has 1 N–H and O–H groups in total. The third kappa shape index (κ3) is 5.09. The average Bonchev–Trinajstić information content (AvgIpc) is 3.20. The highest BCUT2D eigenvalue weighted by molar-refractivity contribution is 7.99. The average molecular weight is 380 g/mol. The summed E-state index contributed by atoms with van der Waals surface area (Å²) in [6.45, 7) is 0.357. The van der Waals surface area contributed by atoms with Crippen molar-refractivity contribution in [3.05, 3.63) is 59.7 Å². The van der Waals surface area contributed by atoms with E-state index >= 15 is 0 Å². The van der Waals surface area contributed by atoms with E-state index in [-0.39, 0.29) is 11.7 Å². The van der Waals surface area contributed by atoms with Gasteiger partial charge in [0.25, 0.3) is 5.22 Å². The van der Waals surface area contributed by atoms with Crippen LogP contribution in [-0.2, 0) is 11.3 Å². The Hall–Kier alpha value is -3.31. The normalized spacial score (nSPS) is 10.2. The van der Waals surface area contributed by atoms with E-state index < -0.39 is 0 Å². The van der Waals surface area contributed by atoms with Crippen molar-refractivity contribution in [2.45, 2.75) is 11.8 Å². The highest BCUT2D eigenvalue weighted by Crippen LogP contribution is 2.24. The van der Waals surface area contributed by atoms with Crippen molar-refractivity contribution in [1.82, 2.24) is 15.5 Å². The molecule has 3 rings (SSSR count). The van der Waals surface area contributed by atoms with Gasteiger partial charge in [-0.3, -0.25) is 4.79 Å². The summed E-state index contributed by atoms with van der Waals surface area (Å²) in [5.41, 5.74) is 2.21. The summed E-state index contributed by atoms with van der Waals surface area (Å²) in [4.78, 5) is 12.0. The lowest BCUT2D eigenvalue weighted by Gasteiger charge is -2.04. The van der Waals surface area contributed by atoms with Gasteiger partial charge in [0, 0.05) is 12.1 Å². The first-order valence-electron chi connectivity index (χ1n) is 8.04. The quantitative estimate of drug-likeness (QED) is 0.629. The molecule has 1 heterocycles. The number of nitrogens with zero attached hydrogens (tertiary/aromatic N) is 3. The molecule has 0 saturated carbocycles. The number of nitrogens with one attached hydrogen (secondary N) is 1. The van der Waals surface area contributed by atoms with Crippen LogP contribution in [0.25, 0.3) is 11.5 Å². The fourth-order valence-electron chi connectivity index (χ4n) is 2.25. The minimum absolute atomic E-state index is 0.155. The van der Waals surface area contributed by atoms with Crippen LogP contribution in [0.1, 0.15) is 11.1 Å². The summed E-state index contributed by atoms with van der Waals surface area (Å²) in [6.07, 6.45) is 0. The first-order chi connectivity index (χ1) is 13.2. The van der Waals surface area contributed by atoms with Crippen molar-refractivity contribution in [2.75, 3.05) is 12.9 Å². The number of amides is 1. The monoisotopic (exact) mass is 380 g/mol. The molecule has 1 amide bonds. The van der Waals surface area contributed by atoms with Gasteiger partial charge in [0.1, 0.15) is 5.75 Å². The van der Waals surface area contributed by atoms with Gasteiger partial charge in [0.05, 0.1) is 24.5 Å². The Morgan fingerprint density at radius 1 is 1.26 bits per heavy atom. The second-order valence-corrected chi connectivity index (χ2v) is 6.41. The Balaban J connectivity index is 1.50. The van der Waals surface area contributed by atoms with Gasteiger partial charge in [-0.2, -0.15) is 5.26 Å². The highest BCUT2D eigenvalue weighted by atomic mass is 32.2. The van der Waals surface area contributed by atoms with Gasteiger partial charge in [-0.05, 0) is 42.0 Å². The lowest BCUT2D eigenvalue weighted by atomic mass is 10.1. The van der Waals surface area contributed by atoms with Crippen molar-refractivity contribution >= 4 is 17.7 Å². The van der Waals surface area contributed by atoms with Crippen LogP contribution in [0.5, 0.6) is 5.75 Å². The Kier molecular flexibility index (Phi) is 6.07. The predicted molar refractivity (Wildman–Crippen MR) is 100 cm³/mol. The molecule has 0 aliphatic rings. The summed E-state index contributed by atoms with van der Waals surface area (Å²) in [6, 6.07) is 16.4. The second-order valence-electron chi connectivity index (χ2n) is 5.48. The number of benzene rings is 2. The van der Waals surface area contributed by atoms with Gasteiger partial charge >= 0.3 is 0 Å². The van der Waals surface area contributed by atoms with Crippen LogP contribution < -0.4 is 10.1 Å². The fourth-order valence-corrected chi connectivity index (χ4v) is 2.84. The van der Waals surface area contributed by atoms with Crippen molar-refractivity contribution < 1.29 is 13.9 Å². The van der Waals surface area contributed by atoms with E-state index in [0.29, 0.717) is 23.2 Å². The SMILES string of the molecule is COc1ccc(-c2nnc(SCC(=O)NCc3cccc(C#N)c3)o2)cc1. The zero-order valence-corrected chi connectivity index (χ0v) is 15.3. The van der Waals surface area contributed by atoms with E-state index in [9.17, 15) is 4.79 Å². The lowest BCUT2D eigenvalue weighted by Crippen LogP contribution is -2.24. The third-order valence-electron chi connectivity index (χ3n) is 3.62. The highest BCUT2D eigenvalue weighted by Gasteiger charge is 2.11. The number of hydrogen-bond donors (Lipinski definition) is 1. The maximum absolute atomic E-state index is 12.0. The van der Waals surface area contributed by atoms with E-state index in [1.807, 2.05) is 18.2 Å². The van der Waals surface area contributed by atoms with Gasteiger partial charge in [0.15, 0.2) is 0 Å². The molecule has 0 spiro atoms. The number of carbonyl (C=O) groups is 1.